The molecule has 7 heteroatoms. The summed E-state index contributed by atoms with van der Waals surface area (Å²) in [6, 6.07) is 13.4. The van der Waals surface area contributed by atoms with Crippen molar-refractivity contribution in [1.82, 2.24) is 20.2 Å². The van der Waals surface area contributed by atoms with Gasteiger partial charge in [0, 0.05) is 18.5 Å². The highest BCUT2D eigenvalue weighted by Crippen LogP contribution is 2.21. The third-order valence-electron chi connectivity index (χ3n) is 4.28. The Morgan fingerprint density at radius 2 is 1.82 bits per heavy atom. The molecule has 28 heavy (non-hydrogen) atoms. The molecule has 2 aromatic heterocycles. The average molecular weight is 397 g/mol. The first-order valence-electron chi connectivity index (χ1n) is 9.03. The van der Waals surface area contributed by atoms with Gasteiger partial charge < -0.3 is 20.2 Å². The summed E-state index contributed by atoms with van der Waals surface area (Å²) < 4.78 is 0. The van der Waals surface area contributed by atoms with E-state index in [2.05, 4.69) is 26.3 Å². The first-order chi connectivity index (χ1) is 13.5. The van der Waals surface area contributed by atoms with Crippen molar-refractivity contribution in [3.05, 3.63) is 89.2 Å². The molecule has 2 heterocycles. The molecule has 0 saturated heterocycles. The molecular formula is C21H24N4O2S. The van der Waals surface area contributed by atoms with Gasteiger partial charge >= 0.3 is 0 Å². The second-order valence-corrected chi connectivity index (χ2v) is 7.86. The standard InChI is InChI=1S/C21H24N4O2S/c1-22-18(17-10-9-15(28-17)11-12-25(2)3)19-21(27)23-16(20(26)24-19)13-14-7-5-4-6-8-14/h4-10,13,22H,11-12H2,1-3H3,(H,23,27)(H,24,26)/b16-13-,19-18?. The lowest BCUT2D eigenvalue weighted by Crippen LogP contribution is -2.48. The fourth-order valence-corrected chi connectivity index (χ4v) is 3.88. The van der Waals surface area contributed by atoms with Crippen molar-refractivity contribution in [3.63, 3.8) is 0 Å². The monoisotopic (exact) mass is 396 g/mol. The summed E-state index contributed by atoms with van der Waals surface area (Å²) in [4.78, 5) is 34.9. The van der Waals surface area contributed by atoms with Crippen LogP contribution in [0.1, 0.15) is 15.3 Å². The Morgan fingerprint density at radius 1 is 1.07 bits per heavy atom. The minimum atomic E-state index is -0.339. The number of nitrogens with one attached hydrogen (secondary N) is 3. The molecule has 0 atom stereocenters. The number of hydrogen-bond acceptors (Lipinski definition) is 5. The maximum absolute atomic E-state index is 12.7. The van der Waals surface area contributed by atoms with Crippen molar-refractivity contribution in [2.24, 2.45) is 0 Å². The minimum absolute atomic E-state index is 0.230. The maximum atomic E-state index is 12.7. The fourth-order valence-electron chi connectivity index (χ4n) is 2.82. The van der Waals surface area contributed by atoms with Crippen LogP contribution in [0.4, 0.5) is 0 Å². The van der Waals surface area contributed by atoms with Crippen molar-refractivity contribution in [3.8, 4) is 0 Å². The van der Waals surface area contributed by atoms with Crippen molar-refractivity contribution in [2.45, 2.75) is 6.42 Å². The molecule has 0 aliphatic carbocycles. The number of H-pyrrole nitrogens is 2. The molecule has 0 fully saturated rings. The van der Waals surface area contributed by atoms with E-state index in [4.69, 9.17) is 0 Å². The summed E-state index contributed by atoms with van der Waals surface area (Å²) in [5, 5.41) is 3.53. The lowest BCUT2D eigenvalue weighted by molar-refractivity contribution is 0.415. The molecule has 0 aliphatic rings. The van der Waals surface area contributed by atoms with Crippen LogP contribution in [0.5, 0.6) is 0 Å². The summed E-state index contributed by atoms with van der Waals surface area (Å²) in [6.07, 6.45) is 2.60. The first-order valence-corrected chi connectivity index (χ1v) is 9.85. The van der Waals surface area contributed by atoms with Crippen molar-refractivity contribution >= 4 is 23.1 Å². The second-order valence-electron chi connectivity index (χ2n) is 6.70. The predicted molar refractivity (Wildman–Crippen MR) is 115 cm³/mol. The largest absolute Gasteiger partial charge is 0.385 e. The predicted octanol–water partition coefficient (Wildman–Crippen LogP) is 0.434. The summed E-state index contributed by atoms with van der Waals surface area (Å²) in [5.41, 5.74) is 0.786. The highest BCUT2D eigenvalue weighted by atomic mass is 32.1. The van der Waals surface area contributed by atoms with E-state index in [1.807, 2.05) is 50.5 Å². The van der Waals surface area contributed by atoms with E-state index >= 15 is 0 Å². The molecule has 3 N–H and O–H groups in total. The molecular weight excluding hydrogens is 372 g/mol. The van der Waals surface area contributed by atoms with E-state index in [-0.39, 0.29) is 21.8 Å². The second kappa shape index (κ2) is 8.86. The van der Waals surface area contributed by atoms with Gasteiger partial charge in [-0.3, -0.25) is 9.59 Å². The van der Waals surface area contributed by atoms with E-state index in [1.165, 1.54) is 4.88 Å². The normalized spacial score (nSPS) is 13.1. The molecule has 0 radical (unpaired) electrons. The van der Waals surface area contributed by atoms with Crippen molar-refractivity contribution in [1.29, 1.82) is 0 Å². The summed E-state index contributed by atoms with van der Waals surface area (Å²) >= 11 is 1.61. The first kappa shape index (κ1) is 19.9. The SMILES string of the molecule is CNC(c1ccc(CCN(C)C)s1)=c1[nH]c(=O)/c(=C/c2ccccc2)[nH]c1=O. The van der Waals surface area contributed by atoms with E-state index in [0.717, 1.165) is 23.4 Å². The Morgan fingerprint density at radius 3 is 2.50 bits per heavy atom. The number of aromatic nitrogens is 2. The zero-order valence-electron chi connectivity index (χ0n) is 16.2. The van der Waals surface area contributed by atoms with Crippen LogP contribution < -0.4 is 27.1 Å². The number of benzene rings is 1. The third-order valence-corrected chi connectivity index (χ3v) is 5.44. The smallest absolute Gasteiger partial charge is 0.274 e. The molecule has 6 nitrogen and oxygen atoms in total. The third kappa shape index (κ3) is 4.68. The van der Waals surface area contributed by atoms with Crippen molar-refractivity contribution < 1.29 is 0 Å². The van der Waals surface area contributed by atoms with Crippen LogP contribution in [0, 0.1) is 0 Å². The van der Waals surface area contributed by atoms with E-state index in [0.29, 0.717) is 5.70 Å². The summed E-state index contributed by atoms with van der Waals surface area (Å²) in [7, 11) is 5.83. The van der Waals surface area contributed by atoms with Crippen LogP contribution in [0.3, 0.4) is 0 Å². The van der Waals surface area contributed by atoms with Gasteiger partial charge in [-0.15, -0.1) is 11.3 Å². The summed E-state index contributed by atoms with van der Waals surface area (Å²) in [5.74, 6) is 0. The number of aromatic amines is 2. The molecule has 3 aromatic rings. The van der Waals surface area contributed by atoms with E-state index < -0.39 is 0 Å². The zero-order valence-corrected chi connectivity index (χ0v) is 17.0. The molecule has 0 bridgehead atoms. The van der Waals surface area contributed by atoms with Crippen LogP contribution in [0.25, 0.3) is 11.8 Å². The lowest BCUT2D eigenvalue weighted by atomic mass is 10.2. The van der Waals surface area contributed by atoms with Gasteiger partial charge in [-0.05, 0) is 44.3 Å². The van der Waals surface area contributed by atoms with Crippen LogP contribution >= 0.6 is 11.3 Å². The molecule has 0 spiro atoms. The van der Waals surface area contributed by atoms with Gasteiger partial charge in [-0.25, -0.2) is 0 Å². The Bertz CT molecular complexity index is 1170. The van der Waals surface area contributed by atoms with Crippen LogP contribution in [0.15, 0.2) is 52.1 Å². The van der Waals surface area contributed by atoms with Gasteiger partial charge in [0.05, 0.1) is 10.6 Å². The van der Waals surface area contributed by atoms with Crippen LogP contribution in [0.2, 0.25) is 0 Å². The lowest BCUT2D eigenvalue weighted by Gasteiger charge is -2.07. The topological polar surface area (TPSA) is 81.0 Å². The number of nitrogens with zero attached hydrogens (tertiary/aromatic N) is 1. The summed E-state index contributed by atoms with van der Waals surface area (Å²) in [6.45, 7) is 0.955. The Hall–Kier alpha value is -2.90. The van der Waals surface area contributed by atoms with E-state index in [9.17, 15) is 9.59 Å². The number of thiophene rings is 1. The molecule has 146 valence electrons. The average Bonchev–Trinajstić information content (AvgIpc) is 3.14. The Labute approximate surface area is 166 Å². The van der Waals surface area contributed by atoms with Crippen LogP contribution in [-0.2, 0) is 6.42 Å². The Kier molecular flexibility index (Phi) is 6.28. The zero-order chi connectivity index (χ0) is 20.1. The number of hydrogen-bond donors (Lipinski definition) is 3. The highest BCUT2D eigenvalue weighted by molar-refractivity contribution is 7.13. The quantitative estimate of drug-likeness (QED) is 0.565. The molecule has 0 unspecified atom stereocenters. The fraction of sp³-hybridized carbons (Fsp3) is 0.238. The maximum Gasteiger partial charge on any atom is 0.274 e. The molecule has 0 amide bonds. The number of rotatable bonds is 6. The van der Waals surface area contributed by atoms with Gasteiger partial charge in [-0.1, -0.05) is 30.3 Å². The van der Waals surface area contributed by atoms with E-state index in [1.54, 1.807) is 24.5 Å². The van der Waals surface area contributed by atoms with Crippen molar-refractivity contribution in [2.75, 3.05) is 27.7 Å². The molecule has 0 aliphatic heterocycles. The van der Waals surface area contributed by atoms with Gasteiger partial charge in [0.2, 0.25) is 0 Å². The van der Waals surface area contributed by atoms with Crippen LogP contribution in [-0.4, -0.2) is 42.6 Å². The molecule has 1 aromatic carbocycles. The van der Waals surface area contributed by atoms with Gasteiger partial charge in [0.1, 0.15) is 10.7 Å². The highest BCUT2D eigenvalue weighted by Gasteiger charge is 2.09. The molecule has 0 saturated carbocycles. The Balaban J connectivity index is 2.07. The molecule has 3 rings (SSSR count). The number of likely N-dealkylation sites (N-methyl/N-ethyl adjacent to an activating group) is 1. The van der Waals surface area contributed by atoms with Gasteiger partial charge in [0.15, 0.2) is 0 Å². The van der Waals surface area contributed by atoms with Gasteiger partial charge in [-0.2, -0.15) is 0 Å². The van der Waals surface area contributed by atoms with Gasteiger partial charge in [0.25, 0.3) is 11.1 Å². The minimum Gasteiger partial charge on any atom is -0.385 e.